The van der Waals surface area contributed by atoms with Crippen molar-refractivity contribution in [2.45, 2.75) is 20.8 Å². The van der Waals surface area contributed by atoms with Crippen molar-refractivity contribution in [3.05, 3.63) is 59.2 Å². The number of esters is 2. The van der Waals surface area contributed by atoms with E-state index in [0.29, 0.717) is 6.61 Å². The quantitative estimate of drug-likeness (QED) is 0.348. The van der Waals surface area contributed by atoms with Crippen LogP contribution in [0.5, 0.6) is 0 Å². The number of halogens is 1. The average molecular weight is 465 g/mol. The summed E-state index contributed by atoms with van der Waals surface area (Å²) >= 11 is 3.04. The summed E-state index contributed by atoms with van der Waals surface area (Å²) in [5, 5.41) is 0.187. The van der Waals surface area contributed by atoms with Crippen molar-refractivity contribution in [2.24, 2.45) is 0 Å². The van der Waals surface area contributed by atoms with Crippen molar-refractivity contribution in [2.75, 3.05) is 18.5 Å². The summed E-state index contributed by atoms with van der Waals surface area (Å²) in [4.78, 5) is 52.5. The summed E-state index contributed by atoms with van der Waals surface area (Å²) in [5.41, 5.74) is 0.858. The van der Waals surface area contributed by atoms with Crippen LogP contribution < -0.4 is 0 Å². The maximum Gasteiger partial charge on any atom is 0.356 e. The third-order valence-electron chi connectivity index (χ3n) is 3.24. The molecule has 8 nitrogen and oxygen atoms in total. The molecule has 0 spiro atoms. The Kier molecular flexibility index (Phi) is 10.4. The van der Waals surface area contributed by atoms with Gasteiger partial charge in [-0.25, -0.2) is 19.6 Å². The molecule has 0 unspecified atom stereocenters. The van der Waals surface area contributed by atoms with Gasteiger partial charge >= 0.3 is 11.9 Å². The van der Waals surface area contributed by atoms with Crippen molar-refractivity contribution < 1.29 is 28.7 Å². The van der Waals surface area contributed by atoms with Gasteiger partial charge in [-0.2, -0.15) is 0 Å². The van der Waals surface area contributed by atoms with Gasteiger partial charge in [0.15, 0.2) is 11.6 Å². The summed E-state index contributed by atoms with van der Waals surface area (Å²) in [7, 11) is 0. The number of ketones is 2. The van der Waals surface area contributed by atoms with E-state index >= 15 is 0 Å². The zero-order valence-electron chi connectivity index (χ0n) is 16.3. The Hall–Kier alpha value is -2.94. The second kappa shape index (κ2) is 12.5. The summed E-state index contributed by atoms with van der Waals surface area (Å²) in [6.45, 7) is 5.41. The summed E-state index contributed by atoms with van der Waals surface area (Å²) in [6, 6.07) is 9.37. The largest absolute Gasteiger partial charge is 0.461 e. The molecule has 0 aliphatic rings. The van der Waals surface area contributed by atoms with Gasteiger partial charge in [0.2, 0.25) is 0 Å². The van der Waals surface area contributed by atoms with E-state index in [1.165, 1.54) is 19.1 Å². The second-order valence-corrected chi connectivity index (χ2v) is 5.93. The number of alkyl halides is 1. The highest BCUT2D eigenvalue weighted by atomic mass is 79.9. The Bertz CT molecular complexity index is 885. The minimum Gasteiger partial charge on any atom is -0.461 e. The first-order valence-corrected chi connectivity index (χ1v) is 9.84. The van der Waals surface area contributed by atoms with E-state index in [1.807, 2.05) is 0 Å². The normalized spacial score (nSPS) is 9.66. The molecule has 0 aliphatic carbocycles. The first-order chi connectivity index (χ1) is 13.8. The fraction of sp³-hybridized carbons (Fsp3) is 0.300. The molecule has 9 heteroatoms. The lowest BCUT2D eigenvalue weighted by Gasteiger charge is -2.02. The van der Waals surface area contributed by atoms with Gasteiger partial charge in [0.25, 0.3) is 0 Å². The fourth-order valence-corrected chi connectivity index (χ4v) is 2.21. The molecule has 0 amide bonds. The molecule has 2 heterocycles. The number of Topliss-reactive ketones (excluding diaryl/α,β-unsaturated/α-hetero) is 2. The molecule has 154 valence electrons. The van der Waals surface area contributed by atoms with Crippen LogP contribution in [0.1, 0.15) is 62.7 Å². The predicted molar refractivity (Wildman–Crippen MR) is 109 cm³/mol. The number of rotatable bonds is 7. The molecule has 2 rings (SSSR count). The maximum absolute atomic E-state index is 11.3. The van der Waals surface area contributed by atoms with Crippen LogP contribution in [0.3, 0.4) is 0 Å². The van der Waals surface area contributed by atoms with Crippen LogP contribution in [0, 0.1) is 0 Å². The van der Waals surface area contributed by atoms with E-state index in [9.17, 15) is 19.2 Å². The van der Waals surface area contributed by atoms with Crippen molar-refractivity contribution in [3.8, 4) is 0 Å². The van der Waals surface area contributed by atoms with E-state index in [4.69, 9.17) is 9.47 Å². The third-order valence-corrected chi connectivity index (χ3v) is 3.74. The zero-order valence-corrected chi connectivity index (χ0v) is 17.9. The van der Waals surface area contributed by atoms with Gasteiger partial charge in [-0.05, 0) is 38.1 Å². The maximum atomic E-state index is 11.3. The molecule has 0 radical (unpaired) electrons. The number of hydrogen-bond acceptors (Lipinski definition) is 8. The Morgan fingerprint density at radius 1 is 0.793 bits per heavy atom. The number of pyridine rings is 2. The standard InChI is InChI=1S/C10H10BrNO3.C10H11NO3/c1-2-15-10(14)8-5-3-4-7(12-8)9(13)6-11;1-3-14-10(13)9-6-4-5-8(11-9)7(2)12/h3-5H,2,6H2,1H3;4-6H,3H2,1-2H3. The number of nitrogens with zero attached hydrogens (tertiary/aromatic N) is 2. The Morgan fingerprint density at radius 2 is 1.21 bits per heavy atom. The average Bonchev–Trinajstić information content (AvgIpc) is 2.74. The van der Waals surface area contributed by atoms with Crippen molar-refractivity contribution in [1.82, 2.24) is 9.97 Å². The molecule has 0 bridgehead atoms. The molecular formula is C20H21BrN2O6. The van der Waals surface area contributed by atoms with Crippen LogP contribution in [0.4, 0.5) is 0 Å². The van der Waals surface area contributed by atoms with Crippen LogP contribution in [-0.2, 0) is 9.47 Å². The summed E-state index contributed by atoms with van der Waals surface area (Å²) < 4.78 is 9.52. The van der Waals surface area contributed by atoms with E-state index in [2.05, 4.69) is 25.9 Å². The number of carbonyl (C=O) groups is 4. The van der Waals surface area contributed by atoms with Gasteiger partial charge in [0.05, 0.1) is 18.5 Å². The van der Waals surface area contributed by atoms with Gasteiger partial charge in [-0.15, -0.1) is 0 Å². The highest BCUT2D eigenvalue weighted by molar-refractivity contribution is 9.09. The lowest BCUT2D eigenvalue weighted by atomic mass is 10.2. The fourth-order valence-electron chi connectivity index (χ4n) is 1.93. The van der Waals surface area contributed by atoms with Crippen LogP contribution in [-0.4, -0.2) is 52.0 Å². The number of aromatic nitrogens is 2. The molecule has 0 aliphatic heterocycles. The minimum absolute atomic E-state index is 0.156. The second-order valence-electron chi connectivity index (χ2n) is 5.37. The molecule has 2 aromatic rings. The summed E-state index contributed by atoms with van der Waals surface area (Å²) in [5.74, 6) is -1.35. The van der Waals surface area contributed by atoms with E-state index in [-0.39, 0.29) is 46.3 Å². The van der Waals surface area contributed by atoms with Gasteiger partial charge in [-0.1, -0.05) is 28.1 Å². The van der Waals surface area contributed by atoms with Crippen molar-refractivity contribution in [3.63, 3.8) is 0 Å². The molecule has 2 aromatic heterocycles. The van der Waals surface area contributed by atoms with Crippen LogP contribution in [0.15, 0.2) is 36.4 Å². The first-order valence-electron chi connectivity index (χ1n) is 8.72. The molecule has 29 heavy (non-hydrogen) atoms. The zero-order chi connectivity index (χ0) is 21.8. The van der Waals surface area contributed by atoms with E-state index in [1.54, 1.807) is 38.1 Å². The minimum atomic E-state index is -0.512. The number of ether oxygens (including phenoxy) is 2. The number of carbonyl (C=O) groups excluding carboxylic acids is 4. The monoisotopic (exact) mass is 464 g/mol. The topological polar surface area (TPSA) is 113 Å². The van der Waals surface area contributed by atoms with Crippen LogP contribution >= 0.6 is 15.9 Å². The Balaban J connectivity index is 0.000000291. The highest BCUT2D eigenvalue weighted by Gasteiger charge is 2.12. The first kappa shape index (κ1) is 24.1. The van der Waals surface area contributed by atoms with Crippen molar-refractivity contribution in [1.29, 1.82) is 0 Å². The van der Waals surface area contributed by atoms with Gasteiger partial charge in [0, 0.05) is 6.92 Å². The smallest absolute Gasteiger partial charge is 0.356 e. The van der Waals surface area contributed by atoms with Gasteiger partial charge in [0.1, 0.15) is 22.8 Å². The predicted octanol–water partition coefficient (Wildman–Crippen LogP) is 3.30. The summed E-state index contributed by atoms with van der Waals surface area (Å²) in [6.07, 6.45) is 0. The van der Waals surface area contributed by atoms with E-state index < -0.39 is 11.9 Å². The molecule has 0 fully saturated rings. The number of hydrogen-bond donors (Lipinski definition) is 0. The van der Waals surface area contributed by atoms with Crippen LogP contribution in [0.25, 0.3) is 0 Å². The SMILES string of the molecule is CCOC(=O)c1cccc(C(=O)CBr)n1.CCOC(=O)c1cccc(C(C)=O)n1. The van der Waals surface area contributed by atoms with Crippen molar-refractivity contribution >= 4 is 39.4 Å². The third kappa shape index (κ3) is 7.90. The lowest BCUT2D eigenvalue weighted by molar-refractivity contribution is 0.0509. The van der Waals surface area contributed by atoms with Gasteiger partial charge < -0.3 is 9.47 Å². The molecular weight excluding hydrogens is 444 g/mol. The molecule has 0 saturated carbocycles. The Labute approximate surface area is 176 Å². The highest BCUT2D eigenvalue weighted by Crippen LogP contribution is 2.04. The van der Waals surface area contributed by atoms with Crippen LogP contribution in [0.2, 0.25) is 0 Å². The molecule has 0 atom stereocenters. The van der Waals surface area contributed by atoms with E-state index in [0.717, 1.165) is 0 Å². The Morgan fingerprint density at radius 3 is 1.62 bits per heavy atom. The lowest BCUT2D eigenvalue weighted by Crippen LogP contribution is -2.11. The van der Waals surface area contributed by atoms with Gasteiger partial charge in [-0.3, -0.25) is 9.59 Å². The molecule has 0 aromatic carbocycles. The molecule has 0 N–H and O–H groups in total. The molecule has 0 saturated heterocycles.